The van der Waals surface area contributed by atoms with Crippen molar-refractivity contribution in [2.45, 2.75) is 141 Å². The van der Waals surface area contributed by atoms with E-state index in [1.165, 1.54) is 84.0 Å². The third-order valence-corrected chi connectivity index (χ3v) is 5.86. The van der Waals surface area contributed by atoms with E-state index in [1.807, 2.05) is 0 Å². The Labute approximate surface area is 206 Å². The topological polar surface area (TPSA) is 94.8 Å². The Bertz CT molecular complexity index is 449. The Hall–Kier alpha value is 0.0600. The molecule has 0 heterocycles. The molecule has 0 spiro atoms. The molecule has 0 fully saturated rings. The molecule has 0 bridgehead atoms. The Morgan fingerprint density at radius 2 is 0.933 bits per heavy atom. The summed E-state index contributed by atoms with van der Waals surface area (Å²) in [5.41, 5.74) is -4.35. The molecule has 0 aromatic rings. The molecule has 3 N–H and O–H groups in total. The number of aliphatic carboxylic acids is 1. The van der Waals surface area contributed by atoms with E-state index in [1.54, 1.807) is 0 Å². The molecular weight excluding hydrogens is 391 g/mol. The van der Waals surface area contributed by atoms with Crippen molar-refractivity contribution in [2.24, 2.45) is 0 Å². The predicted molar refractivity (Wildman–Crippen MR) is 125 cm³/mol. The van der Waals surface area contributed by atoms with E-state index in [2.05, 4.69) is 6.92 Å². The van der Waals surface area contributed by atoms with Gasteiger partial charge in [0, 0.05) is 0 Å². The maximum atomic E-state index is 12.0. The van der Waals surface area contributed by atoms with E-state index in [9.17, 15) is 19.8 Å². The number of carboxylic acids is 1. The molecule has 2 atom stereocenters. The number of carbonyl (C=O) groups is 2. The van der Waals surface area contributed by atoms with Gasteiger partial charge in [0.15, 0.2) is 0 Å². The zero-order valence-electron chi connectivity index (χ0n) is 19.2. The van der Waals surface area contributed by atoms with Crippen molar-refractivity contribution in [3.05, 3.63) is 0 Å². The second-order valence-corrected chi connectivity index (χ2v) is 9.03. The molecule has 0 amide bonds. The van der Waals surface area contributed by atoms with Crippen LogP contribution >= 0.6 is 0 Å². The van der Waals surface area contributed by atoms with E-state index < -0.39 is 23.0 Å². The van der Waals surface area contributed by atoms with E-state index >= 15 is 0 Å². The van der Waals surface area contributed by atoms with Gasteiger partial charge in [-0.3, -0.25) is 4.79 Å². The number of aliphatic hydroxyl groups is 2. The molecule has 0 aliphatic heterocycles. The zero-order valence-corrected chi connectivity index (χ0v) is 19.2. The standard InChI is InChI=1S/C24H46O5.Na.H/c1-4-5-6-7-8-9-10-11-12-13-14-15-16-17-18-19-20-23(2,28)21(25)24(3,29)22(26)27;;/h28-29H,4-20H2,1-3H3,(H,26,27);;. The number of hydrogen-bond donors (Lipinski definition) is 3. The number of ketones is 1. The fourth-order valence-electron chi connectivity index (χ4n) is 3.75. The molecule has 174 valence electrons. The van der Waals surface area contributed by atoms with Gasteiger partial charge in [0.25, 0.3) is 0 Å². The number of hydrogen-bond acceptors (Lipinski definition) is 4. The van der Waals surface area contributed by atoms with E-state index in [-0.39, 0.29) is 36.0 Å². The average molecular weight is 439 g/mol. The van der Waals surface area contributed by atoms with Gasteiger partial charge in [0.1, 0.15) is 5.60 Å². The van der Waals surface area contributed by atoms with Gasteiger partial charge < -0.3 is 15.3 Å². The van der Waals surface area contributed by atoms with E-state index in [4.69, 9.17) is 5.11 Å². The van der Waals surface area contributed by atoms with Crippen molar-refractivity contribution < 1.29 is 24.9 Å². The monoisotopic (exact) mass is 438 g/mol. The second-order valence-electron chi connectivity index (χ2n) is 9.03. The number of rotatable bonds is 20. The minimum absolute atomic E-state index is 0. The summed E-state index contributed by atoms with van der Waals surface area (Å²) in [7, 11) is 0. The summed E-state index contributed by atoms with van der Waals surface area (Å²) in [5.74, 6) is -2.67. The van der Waals surface area contributed by atoms with Crippen LogP contribution in [0.4, 0.5) is 0 Å². The second kappa shape index (κ2) is 18.6. The number of carboxylic acid groups (broad SMARTS) is 1. The quantitative estimate of drug-likeness (QED) is 0.139. The van der Waals surface area contributed by atoms with Crippen LogP contribution in [0.1, 0.15) is 130 Å². The van der Waals surface area contributed by atoms with Crippen LogP contribution in [0.5, 0.6) is 0 Å². The van der Waals surface area contributed by atoms with Crippen LogP contribution in [-0.2, 0) is 9.59 Å². The Morgan fingerprint density at radius 3 is 1.23 bits per heavy atom. The number of carbonyl (C=O) groups excluding carboxylic acids is 1. The molecule has 0 saturated heterocycles. The summed E-state index contributed by atoms with van der Waals surface area (Å²) in [5, 5.41) is 28.8. The minimum atomic E-state index is -2.54. The summed E-state index contributed by atoms with van der Waals surface area (Å²) in [4.78, 5) is 23.0. The fourth-order valence-corrected chi connectivity index (χ4v) is 3.75. The number of unbranched alkanes of at least 4 members (excludes halogenated alkanes) is 15. The molecule has 0 saturated carbocycles. The SMILES string of the molecule is CCCCCCCCCCCCCCCCCCC(C)(O)C(=O)C(C)(O)C(=O)O.[NaH]. The Morgan fingerprint density at radius 1 is 0.633 bits per heavy atom. The average Bonchev–Trinajstić information content (AvgIpc) is 2.66. The predicted octanol–water partition coefficient (Wildman–Crippen LogP) is 5.15. The van der Waals surface area contributed by atoms with Gasteiger partial charge in [0.2, 0.25) is 11.4 Å². The van der Waals surface area contributed by atoms with Crippen molar-refractivity contribution in [1.82, 2.24) is 0 Å². The van der Waals surface area contributed by atoms with E-state index in [0.717, 1.165) is 26.2 Å². The molecule has 0 aromatic carbocycles. The van der Waals surface area contributed by atoms with Crippen LogP contribution in [-0.4, -0.2) is 67.8 Å². The molecule has 6 heteroatoms. The normalized spacial score (nSPS) is 15.1. The van der Waals surface area contributed by atoms with Crippen molar-refractivity contribution in [3.8, 4) is 0 Å². The van der Waals surface area contributed by atoms with Gasteiger partial charge in [-0.2, -0.15) is 0 Å². The molecule has 0 aliphatic carbocycles. The molecule has 0 aromatic heterocycles. The molecule has 2 unspecified atom stereocenters. The van der Waals surface area contributed by atoms with Crippen molar-refractivity contribution >= 4 is 41.3 Å². The fraction of sp³-hybridized carbons (Fsp3) is 0.917. The Kier molecular flexibility index (Phi) is 20.0. The first-order valence-electron chi connectivity index (χ1n) is 11.9. The zero-order chi connectivity index (χ0) is 22.2. The first-order valence-corrected chi connectivity index (χ1v) is 11.9. The molecule has 0 radical (unpaired) electrons. The van der Waals surface area contributed by atoms with Gasteiger partial charge in [-0.05, 0) is 20.3 Å². The summed E-state index contributed by atoms with van der Waals surface area (Å²) in [6.45, 7) is 4.46. The summed E-state index contributed by atoms with van der Waals surface area (Å²) >= 11 is 0. The Balaban J connectivity index is 0. The summed E-state index contributed by atoms with van der Waals surface area (Å²) < 4.78 is 0. The van der Waals surface area contributed by atoms with Crippen LogP contribution < -0.4 is 0 Å². The maximum absolute atomic E-state index is 12.0. The van der Waals surface area contributed by atoms with Crippen molar-refractivity contribution in [2.75, 3.05) is 0 Å². The molecule has 0 rings (SSSR count). The van der Waals surface area contributed by atoms with Crippen molar-refractivity contribution in [3.63, 3.8) is 0 Å². The molecule has 0 aliphatic rings. The van der Waals surface area contributed by atoms with E-state index in [0.29, 0.717) is 6.42 Å². The van der Waals surface area contributed by atoms with Gasteiger partial charge in [0.05, 0.1) is 0 Å². The first-order chi connectivity index (χ1) is 13.7. The van der Waals surface area contributed by atoms with Crippen LogP contribution in [0.2, 0.25) is 0 Å². The van der Waals surface area contributed by atoms with Gasteiger partial charge in [-0.15, -0.1) is 0 Å². The van der Waals surface area contributed by atoms with Gasteiger partial charge in [-0.25, -0.2) is 4.79 Å². The van der Waals surface area contributed by atoms with Crippen molar-refractivity contribution in [1.29, 1.82) is 0 Å². The van der Waals surface area contributed by atoms with Gasteiger partial charge >= 0.3 is 35.5 Å². The van der Waals surface area contributed by atoms with Crippen LogP contribution in [0, 0.1) is 0 Å². The molecular formula is C24H47NaO5. The third-order valence-electron chi connectivity index (χ3n) is 5.86. The molecule has 30 heavy (non-hydrogen) atoms. The van der Waals surface area contributed by atoms with Gasteiger partial charge in [-0.1, -0.05) is 110 Å². The third kappa shape index (κ3) is 15.0. The van der Waals surface area contributed by atoms with Crippen LogP contribution in [0.15, 0.2) is 0 Å². The first kappa shape index (κ1) is 32.2. The number of Topliss-reactive ketones (excluding diaryl/α,β-unsaturated/α-hetero) is 1. The summed E-state index contributed by atoms with van der Waals surface area (Å²) in [6, 6.07) is 0. The van der Waals surface area contributed by atoms with Crippen LogP contribution in [0.3, 0.4) is 0 Å². The summed E-state index contributed by atoms with van der Waals surface area (Å²) in [6.07, 6.45) is 20.1. The van der Waals surface area contributed by atoms with Crippen LogP contribution in [0.25, 0.3) is 0 Å². The molecule has 5 nitrogen and oxygen atoms in total.